The normalized spacial score (nSPS) is 10.6. The molecule has 0 radical (unpaired) electrons. The van der Waals surface area contributed by atoms with E-state index in [1.165, 1.54) is 33.4 Å². The molecule has 0 bridgehead atoms. The number of hydrogen-bond donors (Lipinski definition) is 0. The summed E-state index contributed by atoms with van der Waals surface area (Å²) in [5.41, 5.74) is 8.02. The highest BCUT2D eigenvalue weighted by atomic mass is 14.1. The van der Waals surface area contributed by atoms with Gasteiger partial charge in [0.25, 0.3) is 0 Å². The highest BCUT2D eigenvalue weighted by Gasteiger charge is 2.10. The summed E-state index contributed by atoms with van der Waals surface area (Å²) in [6.07, 6.45) is 1.05. The van der Waals surface area contributed by atoms with Crippen LogP contribution in [0.2, 0.25) is 0 Å². The second-order valence-electron chi connectivity index (χ2n) is 5.37. The van der Waals surface area contributed by atoms with Crippen LogP contribution in [0.15, 0.2) is 72.8 Å². The van der Waals surface area contributed by atoms with Crippen molar-refractivity contribution in [1.29, 1.82) is 0 Å². The fourth-order valence-corrected chi connectivity index (χ4v) is 2.92. The van der Waals surface area contributed by atoms with Crippen molar-refractivity contribution >= 4 is 0 Å². The van der Waals surface area contributed by atoms with Crippen molar-refractivity contribution in [2.75, 3.05) is 0 Å². The number of aryl methyl sites for hydroxylation is 2. The van der Waals surface area contributed by atoms with E-state index in [1.807, 2.05) is 0 Å². The molecule has 0 aliphatic rings. The largest absolute Gasteiger partial charge is 0.0620 e. The van der Waals surface area contributed by atoms with E-state index < -0.39 is 0 Å². The van der Waals surface area contributed by atoms with Crippen LogP contribution in [0.1, 0.15) is 18.1 Å². The third-order valence-corrected chi connectivity index (χ3v) is 4.05. The van der Waals surface area contributed by atoms with E-state index in [-0.39, 0.29) is 0 Å². The van der Waals surface area contributed by atoms with Gasteiger partial charge in [-0.05, 0) is 46.7 Å². The van der Waals surface area contributed by atoms with Gasteiger partial charge >= 0.3 is 0 Å². The molecular weight excluding hydrogens is 252 g/mol. The van der Waals surface area contributed by atoms with Crippen molar-refractivity contribution < 1.29 is 0 Å². The molecule has 0 saturated heterocycles. The van der Waals surface area contributed by atoms with Crippen molar-refractivity contribution in [2.45, 2.75) is 20.3 Å². The molecule has 0 amide bonds. The van der Waals surface area contributed by atoms with Gasteiger partial charge in [-0.25, -0.2) is 0 Å². The zero-order chi connectivity index (χ0) is 14.7. The molecule has 0 N–H and O–H groups in total. The Hall–Kier alpha value is -2.34. The number of hydrogen-bond acceptors (Lipinski definition) is 0. The first-order valence-electron chi connectivity index (χ1n) is 7.54. The van der Waals surface area contributed by atoms with Crippen LogP contribution in [-0.4, -0.2) is 0 Å². The van der Waals surface area contributed by atoms with Gasteiger partial charge < -0.3 is 0 Å². The van der Waals surface area contributed by atoms with E-state index in [9.17, 15) is 0 Å². The predicted octanol–water partition coefficient (Wildman–Crippen LogP) is 5.89. The topological polar surface area (TPSA) is 0 Å². The van der Waals surface area contributed by atoms with Gasteiger partial charge in [0.05, 0.1) is 0 Å². The molecule has 0 aliphatic carbocycles. The Bertz CT molecular complexity index is 753. The Morgan fingerprint density at radius 3 is 1.67 bits per heavy atom. The van der Waals surface area contributed by atoms with Gasteiger partial charge in [-0.3, -0.25) is 0 Å². The van der Waals surface area contributed by atoms with Gasteiger partial charge in [0.2, 0.25) is 0 Å². The lowest BCUT2D eigenvalue weighted by atomic mass is 9.89. The standard InChI is InChI=1S/C21H20/c1-3-17-11-5-7-13-19(17)21-15-9-8-14-20(21)18-12-6-4-10-16(18)2/h4-15H,3H2,1-2H3. The van der Waals surface area contributed by atoms with Crippen LogP contribution in [0.25, 0.3) is 22.3 Å². The molecule has 0 aromatic heterocycles. The molecule has 3 aromatic rings. The molecule has 21 heavy (non-hydrogen) atoms. The van der Waals surface area contributed by atoms with E-state index in [4.69, 9.17) is 0 Å². The van der Waals surface area contributed by atoms with Crippen molar-refractivity contribution in [1.82, 2.24) is 0 Å². The van der Waals surface area contributed by atoms with E-state index in [2.05, 4.69) is 86.6 Å². The monoisotopic (exact) mass is 272 g/mol. The SMILES string of the molecule is CCc1ccccc1-c1ccccc1-c1ccccc1C. The molecule has 0 fully saturated rings. The lowest BCUT2D eigenvalue weighted by Gasteiger charge is -2.15. The molecule has 3 aromatic carbocycles. The number of rotatable bonds is 3. The second-order valence-corrected chi connectivity index (χ2v) is 5.37. The van der Waals surface area contributed by atoms with Crippen LogP contribution >= 0.6 is 0 Å². The summed E-state index contributed by atoms with van der Waals surface area (Å²) in [7, 11) is 0. The maximum Gasteiger partial charge on any atom is -0.0103 e. The number of benzene rings is 3. The van der Waals surface area contributed by atoms with Crippen molar-refractivity contribution in [3.63, 3.8) is 0 Å². The van der Waals surface area contributed by atoms with Crippen LogP contribution in [0, 0.1) is 6.92 Å². The lowest BCUT2D eigenvalue weighted by Crippen LogP contribution is -1.91. The Labute approximate surface area is 127 Å². The van der Waals surface area contributed by atoms with Gasteiger partial charge in [0.15, 0.2) is 0 Å². The minimum absolute atomic E-state index is 1.05. The summed E-state index contributed by atoms with van der Waals surface area (Å²) in [6, 6.07) is 26.0. The van der Waals surface area contributed by atoms with Crippen LogP contribution in [0.3, 0.4) is 0 Å². The average Bonchev–Trinajstić information content (AvgIpc) is 2.55. The van der Waals surface area contributed by atoms with Gasteiger partial charge in [-0.2, -0.15) is 0 Å². The minimum Gasteiger partial charge on any atom is -0.0620 e. The van der Waals surface area contributed by atoms with Gasteiger partial charge in [0, 0.05) is 0 Å². The first-order valence-corrected chi connectivity index (χ1v) is 7.54. The summed E-state index contributed by atoms with van der Waals surface area (Å²) in [4.78, 5) is 0. The molecule has 0 unspecified atom stereocenters. The first-order chi connectivity index (χ1) is 10.3. The molecule has 0 saturated carbocycles. The summed E-state index contributed by atoms with van der Waals surface area (Å²) in [5.74, 6) is 0. The molecular formula is C21H20. The maximum atomic E-state index is 2.23. The predicted molar refractivity (Wildman–Crippen MR) is 91.4 cm³/mol. The van der Waals surface area contributed by atoms with Crippen molar-refractivity contribution in [3.05, 3.63) is 83.9 Å². The summed E-state index contributed by atoms with van der Waals surface area (Å²) in [6.45, 7) is 4.40. The average molecular weight is 272 g/mol. The molecule has 0 atom stereocenters. The first kappa shape index (κ1) is 13.6. The Morgan fingerprint density at radius 1 is 0.571 bits per heavy atom. The van der Waals surface area contributed by atoms with Gasteiger partial charge in [-0.15, -0.1) is 0 Å². The third-order valence-electron chi connectivity index (χ3n) is 4.05. The molecule has 104 valence electrons. The van der Waals surface area contributed by atoms with E-state index in [1.54, 1.807) is 0 Å². The molecule has 3 rings (SSSR count). The summed E-state index contributed by atoms with van der Waals surface area (Å²) in [5, 5.41) is 0. The summed E-state index contributed by atoms with van der Waals surface area (Å²) >= 11 is 0. The highest BCUT2D eigenvalue weighted by molar-refractivity contribution is 5.85. The van der Waals surface area contributed by atoms with Crippen molar-refractivity contribution in [2.24, 2.45) is 0 Å². The Morgan fingerprint density at radius 2 is 1.05 bits per heavy atom. The fourth-order valence-electron chi connectivity index (χ4n) is 2.92. The molecule has 0 nitrogen and oxygen atoms in total. The van der Waals surface area contributed by atoms with Crippen LogP contribution in [0.4, 0.5) is 0 Å². The smallest absolute Gasteiger partial charge is 0.0103 e. The van der Waals surface area contributed by atoms with Gasteiger partial charge in [-0.1, -0.05) is 79.7 Å². The quantitative estimate of drug-likeness (QED) is 0.557. The van der Waals surface area contributed by atoms with Crippen LogP contribution in [-0.2, 0) is 6.42 Å². The van der Waals surface area contributed by atoms with E-state index >= 15 is 0 Å². The Balaban J connectivity index is 2.24. The van der Waals surface area contributed by atoms with Crippen LogP contribution < -0.4 is 0 Å². The van der Waals surface area contributed by atoms with Crippen molar-refractivity contribution in [3.8, 4) is 22.3 Å². The zero-order valence-electron chi connectivity index (χ0n) is 12.6. The second kappa shape index (κ2) is 5.97. The lowest BCUT2D eigenvalue weighted by molar-refractivity contribution is 1.14. The highest BCUT2D eigenvalue weighted by Crippen LogP contribution is 2.35. The maximum absolute atomic E-state index is 2.23. The Kier molecular flexibility index (Phi) is 3.87. The zero-order valence-corrected chi connectivity index (χ0v) is 12.6. The third kappa shape index (κ3) is 2.62. The molecule has 0 heterocycles. The molecule has 0 aliphatic heterocycles. The van der Waals surface area contributed by atoms with Crippen LogP contribution in [0.5, 0.6) is 0 Å². The van der Waals surface area contributed by atoms with Gasteiger partial charge in [0.1, 0.15) is 0 Å². The summed E-state index contributed by atoms with van der Waals surface area (Å²) < 4.78 is 0. The van der Waals surface area contributed by atoms with E-state index in [0.717, 1.165) is 6.42 Å². The minimum atomic E-state index is 1.05. The fraction of sp³-hybridized carbons (Fsp3) is 0.143. The molecule has 0 heteroatoms. The molecule has 0 spiro atoms. The van der Waals surface area contributed by atoms with E-state index in [0.29, 0.717) is 0 Å².